The van der Waals surface area contributed by atoms with E-state index in [1.165, 1.54) is 30.3 Å². The number of hydrogen-bond donors (Lipinski definition) is 1. The van der Waals surface area contributed by atoms with Gasteiger partial charge in [0.1, 0.15) is 4.88 Å². The standard InChI is InChI=1S/C22H30N2O4S/c1-14(2)21(26)23-11-9-17(10-12-23)24(15(3)25)18-13-19(29-20(18)22(27)28)16-7-5-4-6-8-16/h7,13-14,17H,4-6,8-12H2,1-3H3,(H,27,28). The van der Waals surface area contributed by atoms with Crippen LogP contribution in [0.2, 0.25) is 0 Å². The van der Waals surface area contributed by atoms with Crippen LogP contribution in [0.4, 0.5) is 5.69 Å². The number of aromatic carboxylic acids is 1. The molecular formula is C22H30N2O4S. The van der Waals surface area contributed by atoms with Crippen LogP contribution in [-0.4, -0.2) is 46.9 Å². The molecule has 2 aliphatic rings. The van der Waals surface area contributed by atoms with E-state index >= 15 is 0 Å². The van der Waals surface area contributed by atoms with Gasteiger partial charge in [-0.25, -0.2) is 4.79 Å². The number of rotatable bonds is 5. The van der Waals surface area contributed by atoms with Crippen LogP contribution in [0.15, 0.2) is 12.1 Å². The number of allylic oxidation sites excluding steroid dienone is 2. The fourth-order valence-corrected chi connectivity index (χ4v) is 5.32. The van der Waals surface area contributed by atoms with Crippen molar-refractivity contribution in [2.75, 3.05) is 18.0 Å². The molecule has 1 fully saturated rings. The summed E-state index contributed by atoms with van der Waals surface area (Å²) in [6, 6.07) is 1.79. The largest absolute Gasteiger partial charge is 0.477 e. The second-order valence-corrected chi connectivity index (χ2v) is 9.26. The third-order valence-corrected chi connectivity index (χ3v) is 6.94. The van der Waals surface area contributed by atoms with Gasteiger partial charge in [0.25, 0.3) is 0 Å². The van der Waals surface area contributed by atoms with Crippen LogP contribution >= 0.6 is 11.3 Å². The van der Waals surface area contributed by atoms with Crippen LogP contribution in [0.5, 0.6) is 0 Å². The zero-order valence-electron chi connectivity index (χ0n) is 17.4. The number of thiophene rings is 1. The molecule has 7 heteroatoms. The molecule has 3 rings (SSSR count). The zero-order valence-corrected chi connectivity index (χ0v) is 18.3. The average Bonchev–Trinajstić information content (AvgIpc) is 3.13. The van der Waals surface area contributed by atoms with E-state index in [4.69, 9.17) is 0 Å². The van der Waals surface area contributed by atoms with Gasteiger partial charge in [-0.2, -0.15) is 0 Å². The van der Waals surface area contributed by atoms with Gasteiger partial charge in [-0.3, -0.25) is 9.59 Å². The average molecular weight is 419 g/mol. The van der Waals surface area contributed by atoms with Crippen molar-refractivity contribution in [3.8, 4) is 0 Å². The number of piperidine rings is 1. The first kappa shape index (κ1) is 21.6. The Labute approximate surface area is 176 Å². The molecule has 0 radical (unpaired) electrons. The molecule has 0 spiro atoms. The Hall–Kier alpha value is -2.15. The third-order valence-electron chi connectivity index (χ3n) is 5.75. The van der Waals surface area contributed by atoms with Crippen LogP contribution in [0, 0.1) is 5.92 Å². The second kappa shape index (κ2) is 9.11. The van der Waals surface area contributed by atoms with Crippen LogP contribution < -0.4 is 4.90 Å². The van der Waals surface area contributed by atoms with Gasteiger partial charge in [0.15, 0.2) is 0 Å². The smallest absolute Gasteiger partial charge is 0.348 e. The van der Waals surface area contributed by atoms with Crippen LogP contribution in [-0.2, 0) is 9.59 Å². The van der Waals surface area contributed by atoms with E-state index in [-0.39, 0.29) is 28.7 Å². The van der Waals surface area contributed by atoms with E-state index in [1.807, 2.05) is 24.8 Å². The van der Waals surface area contributed by atoms with E-state index in [0.717, 1.165) is 24.1 Å². The lowest BCUT2D eigenvalue weighted by atomic mass is 9.98. The Morgan fingerprint density at radius 2 is 1.90 bits per heavy atom. The normalized spacial score (nSPS) is 17.9. The summed E-state index contributed by atoms with van der Waals surface area (Å²) in [5, 5.41) is 9.78. The zero-order chi connectivity index (χ0) is 21.1. The van der Waals surface area contributed by atoms with Gasteiger partial charge in [0.05, 0.1) is 5.69 Å². The highest BCUT2D eigenvalue weighted by Crippen LogP contribution is 2.39. The van der Waals surface area contributed by atoms with E-state index in [0.29, 0.717) is 31.6 Å². The van der Waals surface area contributed by atoms with Crippen molar-refractivity contribution < 1.29 is 19.5 Å². The molecule has 2 heterocycles. The molecule has 1 aliphatic carbocycles. The first-order valence-corrected chi connectivity index (χ1v) is 11.3. The first-order valence-electron chi connectivity index (χ1n) is 10.4. The third kappa shape index (κ3) is 4.71. The maximum atomic E-state index is 12.6. The van der Waals surface area contributed by atoms with E-state index in [9.17, 15) is 19.5 Å². The lowest BCUT2D eigenvalue weighted by molar-refractivity contribution is -0.135. The molecule has 0 aromatic carbocycles. The predicted molar refractivity (Wildman–Crippen MR) is 115 cm³/mol. The van der Waals surface area contributed by atoms with Gasteiger partial charge in [0, 0.05) is 36.9 Å². The SMILES string of the molecule is CC(=O)N(c1cc(C2=CCCCC2)sc1C(=O)O)C1CCN(C(=O)C(C)C)CC1. The van der Waals surface area contributed by atoms with Crippen molar-refractivity contribution in [3.63, 3.8) is 0 Å². The monoisotopic (exact) mass is 418 g/mol. The lowest BCUT2D eigenvalue weighted by Crippen LogP contribution is -2.49. The molecule has 2 amide bonds. The fraction of sp³-hybridized carbons (Fsp3) is 0.591. The number of carbonyl (C=O) groups is 3. The molecule has 6 nitrogen and oxygen atoms in total. The van der Waals surface area contributed by atoms with Gasteiger partial charge >= 0.3 is 5.97 Å². The van der Waals surface area contributed by atoms with Crippen molar-refractivity contribution >= 4 is 40.4 Å². The molecular weight excluding hydrogens is 388 g/mol. The second-order valence-electron chi connectivity index (χ2n) is 8.21. The summed E-state index contributed by atoms with van der Waals surface area (Å²) in [4.78, 5) is 41.5. The molecule has 1 saturated heterocycles. The molecule has 0 atom stereocenters. The number of amides is 2. The lowest BCUT2D eigenvalue weighted by Gasteiger charge is -2.38. The molecule has 1 aliphatic heterocycles. The number of likely N-dealkylation sites (tertiary alicyclic amines) is 1. The van der Waals surface area contributed by atoms with Crippen LogP contribution in [0.1, 0.15) is 73.8 Å². The first-order chi connectivity index (χ1) is 13.8. The molecule has 1 N–H and O–H groups in total. The summed E-state index contributed by atoms with van der Waals surface area (Å²) in [5.41, 5.74) is 1.70. The summed E-state index contributed by atoms with van der Waals surface area (Å²) in [6.45, 7) is 6.46. The number of carboxylic acids is 1. The fourth-order valence-electron chi connectivity index (χ4n) is 4.27. The maximum absolute atomic E-state index is 12.6. The Balaban J connectivity index is 1.87. The van der Waals surface area contributed by atoms with Crippen molar-refractivity contribution in [2.24, 2.45) is 5.92 Å². The Kier molecular flexibility index (Phi) is 6.77. The molecule has 1 aromatic heterocycles. The Morgan fingerprint density at radius 1 is 1.21 bits per heavy atom. The van der Waals surface area contributed by atoms with E-state index in [2.05, 4.69) is 6.08 Å². The highest BCUT2D eigenvalue weighted by atomic mass is 32.1. The number of anilines is 1. The van der Waals surface area contributed by atoms with Crippen LogP contribution in [0.25, 0.3) is 5.57 Å². The summed E-state index contributed by atoms with van der Waals surface area (Å²) >= 11 is 1.27. The van der Waals surface area contributed by atoms with Crippen molar-refractivity contribution in [2.45, 2.75) is 65.3 Å². The maximum Gasteiger partial charge on any atom is 0.348 e. The summed E-state index contributed by atoms with van der Waals surface area (Å²) < 4.78 is 0. The molecule has 0 bridgehead atoms. The highest BCUT2D eigenvalue weighted by Gasteiger charge is 2.33. The number of nitrogens with zero attached hydrogens (tertiary/aromatic N) is 2. The minimum atomic E-state index is -0.994. The predicted octanol–water partition coefficient (Wildman–Crippen LogP) is 4.40. The topological polar surface area (TPSA) is 77.9 Å². The Bertz CT molecular complexity index is 819. The van der Waals surface area contributed by atoms with Gasteiger partial charge in [-0.05, 0) is 50.2 Å². The number of hydrogen-bond acceptors (Lipinski definition) is 4. The summed E-state index contributed by atoms with van der Waals surface area (Å²) in [6.07, 6.45) is 7.76. The number of carbonyl (C=O) groups excluding carboxylic acids is 2. The van der Waals surface area contributed by atoms with Gasteiger partial charge in [-0.15, -0.1) is 11.3 Å². The molecule has 0 unspecified atom stereocenters. The quantitative estimate of drug-likeness (QED) is 0.769. The molecule has 29 heavy (non-hydrogen) atoms. The molecule has 158 valence electrons. The molecule has 1 aromatic rings. The van der Waals surface area contributed by atoms with Gasteiger partial charge in [0.2, 0.25) is 11.8 Å². The minimum absolute atomic E-state index is 0.0442. The number of carboxylic acid groups (broad SMARTS) is 1. The summed E-state index contributed by atoms with van der Waals surface area (Å²) in [7, 11) is 0. The van der Waals surface area contributed by atoms with Crippen molar-refractivity contribution in [3.05, 3.63) is 21.9 Å². The van der Waals surface area contributed by atoms with E-state index in [1.54, 1.807) is 4.90 Å². The Morgan fingerprint density at radius 3 is 2.41 bits per heavy atom. The minimum Gasteiger partial charge on any atom is -0.477 e. The van der Waals surface area contributed by atoms with Gasteiger partial charge < -0.3 is 14.9 Å². The van der Waals surface area contributed by atoms with Crippen molar-refractivity contribution in [1.29, 1.82) is 0 Å². The van der Waals surface area contributed by atoms with Crippen molar-refractivity contribution in [1.82, 2.24) is 4.90 Å². The summed E-state index contributed by atoms with van der Waals surface area (Å²) in [5.74, 6) is -1.06. The van der Waals surface area contributed by atoms with E-state index < -0.39 is 5.97 Å². The van der Waals surface area contributed by atoms with Gasteiger partial charge in [-0.1, -0.05) is 19.9 Å². The molecule has 0 saturated carbocycles. The highest BCUT2D eigenvalue weighted by molar-refractivity contribution is 7.15. The van der Waals surface area contributed by atoms with Crippen LogP contribution in [0.3, 0.4) is 0 Å².